The first-order chi connectivity index (χ1) is 8.25. The normalized spacial score (nSPS) is 14.7. The maximum atomic E-state index is 6.09. The van der Waals surface area contributed by atoms with E-state index in [9.17, 15) is 0 Å². The molecule has 92 valence electrons. The molecule has 0 saturated carbocycles. The Kier molecular flexibility index (Phi) is 4.36. The summed E-state index contributed by atoms with van der Waals surface area (Å²) < 4.78 is 5.31. The first-order valence-electron chi connectivity index (χ1n) is 5.80. The van der Waals surface area contributed by atoms with Gasteiger partial charge in [-0.1, -0.05) is 6.07 Å². The van der Waals surface area contributed by atoms with E-state index >= 15 is 0 Å². The van der Waals surface area contributed by atoms with Crippen molar-refractivity contribution in [1.29, 1.82) is 0 Å². The van der Waals surface area contributed by atoms with Crippen LogP contribution >= 0.6 is 11.3 Å². The molecule has 2 aromatic heterocycles. The lowest BCUT2D eigenvalue weighted by molar-refractivity contribution is 0.447. The van der Waals surface area contributed by atoms with Crippen molar-refractivity contribution in [1.82, 2.24) is 5.32 Å². The van der Waals surface area contributed by atoms with Crippen LogP contribution in [0.25, 0.3) is 0 Å². The van der Waals surface area contributed by atoms with Crippen LogP contribution in [-0.4, -0.2) is 12.6 Å². The Morgan fingerprint density at radius 2 is 2.29 bits per heavy atom. The summed E-state index contributed by atoms with van der Waals surface area (Å²) in [6.45, 7) is 2.94. The Hall–Kier alpha value is -1.10. The number of hydrogen-bond donors (Lipinski definition) is 2. The van der Waals surface area contributed by atoms with E-state index < -0.39 is 0 Å². The van der Waals surface area contributed by atoms with Gasteiger partial charge >= 0.3 is 0 Å². The van der Waals surface area contributed by atoms with Gasteiger partial charge in [-0.3, -0.25) is 0 Å². The van der Waals surface area contributed by atoms with Crippen molar-refractivity contribution in [3.05, 3.63) is 46.5 Å². The van der Waals surface area contributed by atoms with Crippen LogP contribution in [-0.2, 0) is 6.42 Å². The van der Waals surface area contributed by atoms with E-state index in [1.165, 1.54) is 4.88 Å². The van der Waals surface area contributed by atoms with Gasteiger partial charge in [-0.15, -0.1) is 11.3 Å². The van der Waals surface area contributed by atoms with Crippen LogP contribution < -0.4 is 11.1 Å². The Balaban J connectivity index is 1.74. The number of nitrogens with two attached hydrogens (primary N) is 1. The third kappa shape index (κ3) is 3.70. The molecular formula is C13H18N2OS. The Labute approximate surface area is 106 Å². The van der Waals surface area contributed by atoms with Gasteiger partial charge in [0.25, 0.3) is 0 Å². The predicted molar refractivity (Wildman–Crippen MR) is 71.1 cm³/mol. The van der Waals surface area contributed by atoms with Crippen molar-refractivity contribution in [2.45, 2.75) is 25.4 Å². The molecule has 2 rings (SSSR count). The molecular weight excluding hydrogens is 232 g/mol. The summed E-state index contributed by atoms with van der Waals surface area (Å²) in [4.78, 5) is 1.22. The molecule has 2 aromatic rings. The van der Waals surface area contributed by atoms with Crippen LogP contribution in [0.15, 0.2) is 40.3 Å². The zero-order chi connectivity index (χ0) is 12.1. The van der Waals surface area contributed by atoms with Gasteiger partial charge in [-0.05, 0) is 30.5 Å². The molecule has 2 atom stereocenters. The summed E-state index contributed by atoms with van der Waals surface area (Å²) in [6, 6.07) is 8.47. The highest BCUT2D eigenvalue weighted by molar-refractivity contribution is 7.10. The maximum Gasteiger partial charge on any atom is 0.105 e. The second kappa shape index (κ2) is 6.00. The number of furan rings is 1. The lowest BCUT2D eigenvalue weighted by Crippen LogP contribution is -2.34. The fraction of sp³-hybridized carbons (Fsp3) is 0.385. The molecule has 0 saturated heterocycles. The van der Waals surface area contributed by atoms with Crippen LogP contribution in [0, 0.1) is 0 Å². The minimum Gasteiger partial charge on any atom is -0.469 e. The lowest BCUT2D eigenvalue weighted by Gasteiger charge is -2.16. The van der Waals surface area contributed by atoms with Gasteiger partial charge in [0.2, 0.25) is 0 Å². The molecule has 0 spiro atoms. The van der Waals surface area contributed by atoms with Crippen molar-refractivity contribution >= 4 is 11.3 Å². The van der Waals surface area contributed by atoms with E-state index in [1.807, 2.05) is 18.2 Å². The average molecular weight is 250 g/mol. The molecule has 0 bridgehead atoms. The molecule has 0 fully saturated rings. The van der Waals surface area contributed by atoms with Crippen LogP contribution in [0.4, 0.5) is 0 Å². The minimum atomic E-state index is 0.0778. The lowest BCUT2D eigenvalue weighted by atomic mass is 10.2. The number of nitrogens with one attached hydrogen (secondary N) is 1. The van der Waals surface area contributed by atoms with E-state index in [0.717, 1.165) is 18.7 Å². The second-order valence-corrected chi connectivity index (χ2v) is 5.19. The predicted octanol–water partition coefficient (Wildman–Crippen LogP) is 2.56. The van der Waals surface area contributed by atoms with E-state index in [0.29, 0.717) is 6.04 Å². The third-order valence-corrected chi connectivity index (χ3v) is 3.69. The first-order valence-corrected chi connectivity index (χ1v) is 6.68. The Bertz CT molecular complexity index is 411. The number of hydrogen-bond acceptors (Lipinski definition) is 4. The molecule has 2 unspecified atom stereocenters. The minimum absolute atomic E-state index is 0.0778. The Morgan fingerprint density at radius 3 is 2.94 bits per heavy atom. The summed E-state index contributed by atoms with van der Waals surface area (Å²) in [5.41, 5.74) is 6.09. The maximum absolute atomic E-state index is 6.09. The molecule has 17 heavy (non-hydrogen) atoms. The highest BCUT2D eigenvalue weighted by Gasteiger charge is 2.10. The molecule has 0 amide bonds. The number of rotatable bonds is 6. The highest BCUT2D eigenvalue weighted by Crippen LogP contribution is 2.16. The van der Waals surface area contributed by atoms with Crippen molar-refractivity contribution < 1.29 is 4.42 Å². The van der Waals surface area contributed by atoms with Gasteiger partial charge in [0.1, 0.15) is 5.76 Å². The van der Waals surface area contributed by atoms with E-state index in [1.54, 1.807) is 17.6 Å². The molecule has 0 aliphatic rings. The summed E-state index contributed by atoms with van der Waals surface area (Å²) in [7, 11) is 0. The van der Waals surface area contributed by atoms with Gasteiger partial charge in [-0.25, -0.2) is 0 Å². The molecule has 0 aliphatic heterocycles. The van der Waals surface area contributed by atoms with Crippen molar-refractivity contribution in [2.24, 2.45) is 5.73 Å². The van der Waals surface area contributed by atoms with E-state index in [-0.39, 0.29) is 6.04 Å². The highest BCUT2D eigenvalue weighted by atomic mass is 32.1. The van der Waals surface area contributed by atoms with Crippen LogP contribution in [0.1, 0.15) is 23.6 Å². The van der Waals surface area contributed by atoms with Gasteiger partial charge in [0, 0.05) is 23.9 Å². The fourth-order valence-electron chi connectivity index (χ4n) is 1.73. The van der Waals surface area contributed by atoms with Gasteiger partial charge in [-0.2, -0.15) is 0 Å². The van der Waals surface area contributed by atoms with Crippen LogP contribution in [0.2, 0.25) is 0 Å². The smallest absolute Gasteiger partial charge is 0.105 e. The largest absolute Gasteiger partial charge is 0.469 e. The van der Waals surface area contributed by atoms with Crippen LogP contribution in [0.3, 0.4) is 0 Å². The number of thiophene rings is 1. The molecule has 3 N–H and O–H groups in total. The van der Waals surface area contributed by atoms with Crippen molar-refractivity contribution in [3.8, 4) is 0 Å². The monoisotopic (exact) mass is 250 g/mol. The standard InChI is InChI=1S/C13H18N2OS/c1-10(8-11-4-2-6-16-11)15-9-12(14)13-5-3-7-17-13/h2-7,10,12,15H,8-9,14H2,1H3. The van der Waals surface area contributed by atoms with E-state index in [4.69, 9.17) is 10.2 Å². The summed E-state index contributed by atoms with van der Waals surface area (Å²) >= 11 is 1.70. The van der Waals surface area contributed by atoms with Crippen molar-refractivity contribution in [2.75, 3.05) is 6.54 Å². The molecule has 0 aromatic carbocycles. The topological polar surface area (TPSA) is 51.2 Å². The van der Waals surface area contributed by atoms with Crippen molar-refractivity contribution in [3.63, 3.8) is 0 Å². The average Bonchev–Trinajstić information content (AvgIpc) is 2.97. The van der Waals surface area contributed by atoms with Crippen LogP contribution in [0.5, 0.6) is 0 Å². The summed E-state index contributed by atoms with van der Waals surface area (Å²) in [6.07, 6.45) is 2.60. The fourth-order valence-corrected chi connectivity index (χ4v) is 2.46. The molecule has 4 heteroatoms. The van der Waals surface area contributed by atoms with Gasteiger partial charge in [0.15, 0.2) is 0 Å². The molecule has 0 radical (unpaired) electrons. The third-order valence-electron chi connectivity index (χ3n) is 2.68. The quantitative estimate of drug-likeness (QED) is 0.828. The zero-order valence-corrected chi connectivity index (χ0v) is 10.7. The summed E-state index contributed by atoms with van der Waals surface area (Å²) in [5, 5.41) is 5.49. The Morgan fingerprint density at radius 1 is 1.41 bits per heavy atom. The zero-order valence-electron chi connectivity index (χ0n) is 9.93. The SMILES string of the molecule is CC(Cc1ccco1)NCC(N)c1cccs1. The molecule has 0 aliphatic carbocycles. The molecule has 3 nitrogen and oxygen atoms in total. The van der Waals surface area contributed by atoms with Gasteiger partial charge in [0.05, 0.1) is 12.3 Å². The second-order valence-electron chi connectivity index (χ2n) is 4.21. The van der Waals surface area contributed by atoms with Gasteiger partial charge < -0.3 is 15.5 Å². The van der Waals surface area contributed by atoms with E-state index in [2.05, 4.69) is 23.7 Å². The summed E-state index contributed by atoms with van der Waals surface area (Å²) in [5.74, 6) is 1.01. The molecule has 2 heterocycles. The first kappa shape index (κ1) is 12.4.